The van der Waals surface area contributed by atoms with Gasteiger partial charge in [-0.3, -0.25) is 9.69 Å². The van der Waals surface area contributed by atoms with Crippen LogP contribution in [-0.2, 0) is 29.0 Å². The highest BCUT2D eigenvalue weighted by molar-refractivity contribution is 6.01. The fourth-order valence-corrected chi connectivity index (χ4v) is 4.35. The van der Waals surface area contributed by atoms with Crippen LogP contribution in [0.3, 0.4) is 0 Å². The molecule has 0 aliphatic carbocycles. The highest BCUT2D eigenvalue weighted by Crippen LogP contribution is 2.33. The largest absolute Gasteiger partial charge is 0.497 e. The summed E-state index contributed by atoms with van der Waals surface area (Å²) in [6, 6.07) is 19.6. The molecule has 0 fully saturated rings. The quantitative estimate of drug-likeness (QED) is 0.374. The van der Waals surface area contributed by atoms with Gasteiger partial charge in [0.1, 0.15) is 24.1 Å². The molecule has 1 atom stereocenters. The summed E-state index contributed by atoms with van der Waals surface area (Å²) in [7, 11) is 1.63. The Morgan fingerprint density at radius 2 is 1.81 bits per heavy atom. The number of nitrogens with zero attached hydrogens (tertiary/aromatic N) is 4. The van der Waals surface area contributed by atoms with Crippen LogP contribution < -0.4 is 14.4 Å². The molecule has 0 saturated heterocycles. The Morgan fingerprint density at radius 1 is 1.03 bits per heavy atom. The molecular weight excluding hydrogens is 472 g/mol. The lowest BCUT2D eigenvalue weighted by atomic mass is 10.1. The van der Waals surface area contributed by atoms with Gasteiger partial charge in [-0.1, -0.05) is 30.3 Å². The molecule has 188 valence electrons. The number of methoxy groups -OCH3 is 1. The van der Waals surface area contributed by atoms with Gasteiger partial charge in [0.2, 0.25) is 5.91 Å². The molecule has 9 heteroatoms. The number of fused-ring (bicyclic) bond motifs is 1. The number of carboxylic acid groups (broad SMARTS) is 1. The fraction of sp³-hybridized carbons (Fsp3) is 0.214. The predicted molar refractivity (Wildman–Crippen MR) is 136 cm³/mol. The van der Waals surface area contributed by atoms with Crippen LogP contribution in [-0.4, -0.2) is 44.9 Å². The number of hydrogen-bond acceptors (Lipinski definition) is 6. The summed E-state index contributed by atoms with van der Waals surface area (Å²) in [5, 5.41) is 14.2. The lowest BCUT2D eigenvalue weighted by Gasteiger charge is -2.22. The Hall–Kier alpha value is -4.66. The summed E-state index contributed by atoms with van der Waals surface area (Å²) in [6.45, 7) is 0.412. The van der Waals surface area contributed by atoms with Crippen molar-refractivity contribution >= 4 is 17.6 Å². The van der Waals surface area contributed by atoms with E-state index in [1.807, 2.05) is 60.7 Å². The van der Waals surface area contributed by atoms with Gasteiger partial charge in [0.15, 0.2) is 5.82 Å². The zero-order valence-corrected chi connectivity index (χ0v) is 20.3. The molecule has 3 heterocycles. The Balaban J connectivity index is 1.18. The van der Waals surface area contributed by atoms with Crippen molar-refractivity contribution in [1.29, 1.82) is 0 Å². The molecule has 1 aliphatic heterocycles. The van der Waals surface area contributed by atoms with Crippen LogP contribution >= 0.6 is 0 Å². The van der Waals surface area contributed by atoms with Crippen LogP contribution in [0.1, 0.15) is 23.2 Å². The molecule has 1 N–H and O–H groups in total. The maximum absolute atomic E-state index is 13.0. The van der Waals surface area contributed by atoms with Crippen molar-refractivity contribution in [2.24, 2.45) is 0 Å². The molecular formula is C28H26N4O5. The van der Waals surface area contributed by atoms with Crippen LogP contribution in [0, 0.1) is 0 Å². The second kappa shape index (κ2) is 10.5. The van der Waals surface area contributed by atoms with E-state index in [0.717, 1.165) is 16.9 Å². The molecule has 37 heavy (non-hydrogen) atoms. The molecule has 4 aromatic rings. The Bertz CT molecular complexity index is 1400. The van der Waals surface area contributed by atoms with Crippen molar-refractivity contribution in [2.45, 2.75) is 31.9 Å². The number of anilines is 1. The van der Waals surface area contributed by atoms with E-state index in [-0.39, 0.29) is 12.3 Å². The summed E-state index contributed by atoms with van der Waals surface area (Å²) < 4.78 is 12.6. The van der Waals surface area contributed by atoms with E-state index in [0.29, 0.717) is 42.4 Å². The lowest BCUT2D eigenvalue weighted by molar-refractivity contribution is -0.139. The normalized spacial score (nSPS) is 14.3. The van der Waals surface area contributed by atoms with E-state index in [2.05, 4.69) is 10.1 Å². The number of pyridine rings is 1. The molecule has 1 aliphatic rings. The first kappa shape index (κ1) is 24.1. The van der Waals surface area contributed by atoms with Gasteiger partial charge in [0.25, 0.3) is 0 Å². The minimum absolute atomic E-state index is 0.153. The summed E-state index contributed by atoms with van der Waals surface area (Å²) in [4.78, 5) is 30.6. The number of para-hydroxylation sites is 1. The number of aliphatic carboxylic acids is 1. The number of carbonyl (C=O) groups is 2. The second-order valence-electron chi connectivity index (χ2n) is 8.69. The number of amides is 1. The summed E-state index contributed by atoms with van der Waals surface area (Å²) in [5.41, 5.74) is 3.27. The first-order valence-corrected chi connectivity index (χ1v) is 11.9. The number of benzene rings is 2. The van der Waals surface area contributed by atoms with Crippen molar-refractivity contribution in [2.75, 3.05) is 12.0 Å². The van der Waals surface area contributed by atoms with E-state index in [9.17, 15) is 14.7 Å². The number of aromatic nitrogens is 3. The van der Waals surface area contributed by atoms with Gasteiger partial charge in [-0.2, -0.15) is 5.10 Å². The number of ether oxygens (including phenoxy) is 2. The predicted octanol–water partition coefficient (Wildman–Crippen LogP) is 3.83. The highest BCUT2D eigenvalue weighted by Gasteiger charge is 2.37. The monoisotopic (exact) mass is 498 g/mol. The molecule has 1 amide bonds. The minimum Gasteiger partial charge on any atom is -0.497 e. The number of aryl methyl sites for hydroxylation is 1. The average Bonchev–Trinajstić information content (AvgIpc) is 3.56. The Labute approximate surface area is 213 Å². The Morgan fingerprint density at radius 3 is 2.54 bits per heavy atom. The highest BCUT2D eigenvalue weighted by atomic mass is 16.5. The van der Waals surface area contributed by atoms with E-state index in [4.69, 9.17) is 9.47 Å². The smallest absolute Gasteiger partial charge is 0.327 e. The van der Waals surface area contributed by atoms with Gasteiger partial charge in [-0.05, 0) is 47.5 Å². The SMILES string of the molecule is COc1ccc(COc2ccc(-n3ccc(CCC(=O)N4c5ccccc5CC4C(=O)O)n3)nc2)cc1. The topological polar surface area (TPSA) is 107 Å². The maximum Gasteiger partial charge on any atom is 0.327 e. The average molecular weight is 499 g/mol. The number of carbonyl (C=O) groups excluding carboxylic acids is 1. The van der Waals surface area contributed by atoms with Gasteiger partial charge < -0.3 is 14.6 Å². The van der Waals surface area contributed by atoms with Crippen molar-refractivity contribution in [1.82, 2.24) is 14.8 Å². The van der Waals surface area contributed by atoms with Crippen molar-refractivity contribution in [3.8, 4) is 17.3 Å². The first-order chi connectivity index (χ1) is 18.0. The van der Waals surface area contributed by atoms with Crippen LogP contribution in [0.4, 0.5) is 5.69 Å². The molecule has 0 bridgehead atoms. The molecule has 2 aromatic heterocycles. The molecule has 0 spiro atoms. The van der Waals surface area contributed by atoms with Crippen LogP contribution in [0.2, 0.25) is 0 Å². The third-order valence-corrected chi connectivity index (χ3v) is 6.29. The zero-order valence-electron chi connectivity index (χ0n) is 20.3. The van der Waals surface area contributed by atoms with E-state index in [1.165, 1.54) is 4.90 Å². The second-order valence-corrected chi connectivity index (χ2v) is 8.69. The summed E-state index contributed by atoms with van der Waals surface area (Å²) in [6.07, 6.45) is 4.28. The van der Waals surface area contributed by atoms with E-state index >= 15 is 0 Å². The molecule has 0 saturated carbocycles. The fourth-order valence-electron chi connectivity index (χ4n) is 4.35. The molecule has 9 nitrogen and oxygen atoms in total. The number of hydrogen-bond donors (Lipinski definition) is 1. The van der Waals surface area contributed by atoms with Crippen molar-refractivity contribution < 1.29 is 24.2 Å². The first-order valence-electron chi connectivity index (χ1n) is 11.9. The van der Waals surface area contributed by atoms with Crippen molar-refractivity contribution in [3.05, 3.63) is 95.9 Å². The van der Waals surface area contributed by atoms with E-state index < -0.39 is 12.0 Å². The third-order valence-electron chi connectivity index (χ3n) is 6.29. The number of rotatable bonds is 9. The molecule has 1 unspecified atom stereocenters. The molecule has 2 aromatic carbocycles. The van der Waals surface area contributed by atoms with Gasteiger partial charge in [-0.15, -0.1) is 0 Å². The third kappa shape index (κ3) is 5.30. The lowest BCUT2D eigenvalue weighted by Crippen LogP contribution is -2.43. The standard InChI is InChI=1S/C28H26N4O5/c1-36-22-9-6-19(7-10-22)18-37-23-11-12-26(29-17-23)31-15-14-21(30-31)8-13-27(33)32-24-5-3-2-4-20(24)16-25(32)28(34)35/h2-7,9-12,14-15,17,25H,8,13,16,18H2,1H3,(H,34,35). The Kier molecular flexibility index (Phi) is 6.85. The maximum atomic E-state index is 13.0. The molecule has 5 rings (SSSR count). The van der Waals surface area contributed by atoms with Gasteiger partial charge >= 0.3 is 5.97 Å². The van der Waals surface area contributed by atoms with Gasteiger partial charge in [-0.25, -0.2) is 14.5 Å². The van der Waals surface area contributed by atoms with Crippen molar-refractivity contribution in [3.63, 3.8) is 0 Å². The molecule has 0 radical (unpaired) electrons. The van der Waals surface area contributed by atoms with Gasteiger partial charge in [0, 0.05) is 31.1 Å². The van der Waals surface area contributed by atoms with E-state index in [1.54, 1.807) is 30.3 Å². The van der Waals surface area contributed by atoms with Crippen LogP contribution in [0.15, 0.2) is 79.1 Å². The zero-order chi connectivity index (χ0) is 25.8. The van der Waals surface area contributed by atoms with Crippen LogP contribution in [0.25, 0.3) is 5.82 Å². The number of carboxylic acids is 1. The summed E-state index contributed by atoms with van der Waals surface area (Å²) >= 11 is 0. The summed E-state index contributed by atoms with van der Waals surface area (Å²) in [5.74, 6) is 0.813. The minimum atomic E-state index is -1.00. The van der Waals surface area contributed by atoms with Gasteiger partial charge in [0.05, 0.1) is 19.0 Å². The van der Waals surface area contributed by atoms with Crippen LogP contribution in [0.5, 0.6) is 11.5 Å².